The molecule has 18 heavy (non-hydrogen) atoms. The summed E-state index contributed by atoms with van der Waals surface area (Å²) >= 11 is 0. The summed E-state index contributed by atoms with van der Waals surface area (Å²) in [5, 5.41) is 0. The van der Waals surface area contributed by atoms with Crippen LogP contribution in [-0.2, 0) is 21.2 Å². The average Bonchev–Trinajstić information content (AvgIpc) is 2.27. The summed E-state index contributed by atoms with van der Waals surface area (Å²) in [6, 6.07) is 7.68. The number of rotatable bonds is 6. The van der Waals surface area contributed by atoms with E-state index in [9.17, 15) is 13.2 Å². The SMILES string of the molecule is Cc1ccc(CCS(=O)(=O)N(C)CC(N)=O)cc1. The van der Waals surface area contributed by atoms with E-state index in [2.05, 4.69) is 0 Å². The van der Waals surface area contributed by atoms with Crippen LogP contribution in [0.25, 0.3) is 0 Å². The van der Waals surface area contributed by atoms with Gasteiger partial charge in [-0.3, -0.25) is 4.79 Å². The number of benzene rings is 1. The van der Waals surface area contributed by atoms with Gasteiger partial charge in [-0.15, -0.1) is 0 Å². The first-order valence-electron chi connectivity index (χ1n) is 5.59. The first-order valence-corrected chi connectivity index (χ1v) is 7.20. The lowest BCUT2D eigenvalue weighted by Crippen LogP contribution is -2.37. The van der Waals surface area contributed by atoms with Crippen molar-refractivity contribution >= 4 is 15.9 Å². The second kappa shape index (κ2) is 5.97. The summed E-state index contributed by atoms with van der Waals surface area (Å²) in [5.41, 5.74) is 7.06. The highest BCUT2D eigenvalue weighted by molar-refractivity contribution is 7.89. The fraction of sp³-hybridized carbons (Fsp3) is 0.417. The standard InChI is InChI=1S/C12H18N2O3S/c1-10-3-5-11(6-4-10)7-8-18(16,17)14(2)9-12(13)15/h3-6H,7-9H2,1-2H3,(H2,13,15). The Morgan fingerprint density at radius 2 is 1.83 bits per heavy atom. The van der Waals surface area contributed by atoms with Gasteiger partial charge in [-0.1, -0.05) is 29.8 Å². The quantitative estimate of drug-likeness (QED) is 0.806. The molecule has 0 bridgehead atoms. The molecule has 0 aliphatic rings. The van der Waals surface area contributed by atoms with Crippen molar-refractivity contribution in [3.8, 4) is 0 Å². The van der Waals surface area contributed by atoms with E-state index in [0.717, 1.165) is 15.4 Å². The highest BCUT2D eigenvalue weighted by atomic mass is 32.2. The van der Waals surface area contributed by atoms with Crippen molar-refractivity contribution in [2.24, 2.45) is 5.73 Å². The van der Waals surface area contributed by atoms with Gasteiger partial charge in [0, 0.05) is 7.05 Å². The van der Waals surface area contributed by atoms with Crippen LogP contribution >= 0.6 is 0 Å². The second-order valence-corrected chi connectivity index (χ2v) is 6.47. The van der Waals surface area contributed by atoms with E-state index < -0.39 is 15.9 Å². The van der Waals surface area contributed by atoms with Crippen LogP contribution in [0.4, 0.5) is 0 Å². The molecule has 5 nitrogen and oxygen atoms in total. The Morgan fingerprint density at radius 3 is 2.33 bits per heavy atom. The fourth-order valence-corrected chi connectivity index (χ4v) is 2.60. The molecule has 0 unspecified atom stereocenters. The molecular weight excluding hydrogens is 252 g/mol. The number of amides is 1. The van der Waals surface area contributed by atoms with E-state index in [4.69, 9.17) is 5.73 Å². The summed E-state index contributed by atoms with van der Waals surface area (Å²) in [6.45, 7) is 1.69. The summed E-state index contributed by atoms with van der Waals surface area (Å²) < 4.78 is 24.6. The zero-order chi connectivity index (χ0) is 13.8. The largest absolute Gasteiger partial charge is 0.369 e. The van der Waals surface area contributed by atoms with Gasteiger partial charge in [0.05, 0.1) is 12.3 Å². The van der Waals surface area contributed by atoms with Crippen molar-refractivity contribution in [2.45, 2.75) is 13.3 Å². The molecule has 0 aromatic heterocycles. The molecule has 1 aromatic carbocycles. The van der Waals surface area contributed by atoms with E-state index in [1.54, 1.807) is 0 Å². The minimum absolute atomic E-state index is 0.0279. The van der Waals surface area contributed by atoms with Gasteiger partial charge < -0.3 is 5.73 Å². The zero-order valence-electron chi connectivity index (χ0n) is 10.6. The highest BCUT2D eigenvalue weighted by Gasteiger charge is 2.19. The molecule has 0 atom stereocenters. The summed E-state index contributed by atoms with van der Waals surface area (Å²) in [6.07, 6.45) is 0.422. The van der Waals surface area contributed by atoms with E-state index in [1.165, 1.54) is 7.05 Å². The van der Waals surface area contributed by atoms with Gasteiger partial charge in [-0.25, -0.2) is 8.42 Å². The minimum atomic E-state index is -3.43. The van der Waals surface area contributed by atoms with Crippen LogP contribution in [0, 0.1) is 6.92 Å². The molecule has 0 heterocycles. The Balaban J connectivity index is 2.61. The molecule has 1 rings (SSSR count). The number of nitrogens with zero attached hydrogens (tertiary/aromatic N) is 1. The summed E-state index contributed by atoms with van der Waals surface area (Å²) in [4.78, 5) is 10.7. The average molecular weight is 270 g/mol. The van der Waals surface area contributed by atoms with Gasteiger partial charge in [0.15, 0.2) is 0 Å². The molecule has 0 saturated carbocycles. The molecule has 1 aromatic rings. The van der Waals surface area contributed by atoms with Crippen LogP contribution in [0.15, 0.2) is 24.3 Å². The third-order valence-corrected chi connectivity index (χ3v) is 4.42. The first-order chi connectivity index (χ1) is 8.31. The van der Waals surface area contributed by atoms with E-state index >= 15 is 0 Å². The lowest BCUT2D eigenvalue weighted by atomic mass is 10.1. The Hall–Kier alpha value is -1.40. The second-order valence-electron chi connectivity index (χ2n) is 4.27. The van der Waals surface area contributed by atoms with Gasteiger partial charge in [-0.2, -0.15) is 4.31 Å². The normalized spacial score (nSPS) is 11.7. The Bertz CT molecular complexity index is 509. The third kappa shape index (κ3) is 4.46. The van der Waals surface area contributed by atoms with Gasteiger partial charge >= 0.3 is 0 Å². The summed E-state index contributed by atoms with van der Waals surface area (Å²) in [7, 11) is -2.07. The molecule has 6 heteroatoms. The topological polar surface area (TPSA) is 80.5 Å². The van der Waals surface area contributed by atoms with Crippen molar-refractivity contribution in [1.29, 1.82) is 0 Å². The number of nitrogens with two attached hydrogens (primary N) is 1. The number of primary amides is 1. The van der Waals surface area contributed by atoms with Crippen molar-refractivity contribution in [1.82, 2.24) is 4.31 Å². The van der Waals surface area contributed by atoms with Gasteiger partial charge in [-0.05, 0) is 18.9 Å². The lowest BCUT2D eigenvalue weighted by Gasteiger charge is -2.15. The lowest BCUT2D eigenvalue weighted by molar-refractivity contribution is -0.118. The number of carbonyl (C=O) groups excluding carboxylic acids is 1. The highest BCUT2D eigenvalue weighted by Crippen LogP contribution is 2.07. The van der Waals surface area contributed by atoms with Crippen molar-refractivity contribution in [3.63, 3.8) is 0 Å². The van der Waals surface area contributed by atoms with Crippen LogP contribution in [-0.4, -0.2) is 38.0 Å². The molecule has 0 fully saturated rings. The molecule has 0 spiro atoms. The van der Waals surface area contributed by atoms with Crippen LogP contribution in [0.2, 0.25) is 0 Å². The van der Waals surface area contributed by atoms with Gasteiger partial charge in [0.25, 0.3) is 0 Å². The maximum Gasteiger partial charge on any atom is 0.232 e. The van der Waals surface area contributed by atoms with Gasteiger partial charge in [0.2, 0.25) is 15.9 Å². The monoisotopic (exact) mass is 270 g/mol. The van der Waals surface area contributed by atoms with Crippen molar-refractivity contribution in [3.05, 3.63) is 35.4 Å². The smallest absolute Gasteiger partial charge is 0.232 e. The predicted octanol–water partition coefficient (Wildman–Crippen LogP) is 0.284. The van der Waals surface area contributed by atoms with Crippen molar-refractivity contribution in [2.75, 3.05) is 19.3 Å². The molecule has 0 aliphatic heterocycles. The summed E-state index contributed by atoms with van der Waals surface area (Å²) in [5.74, 6) is -0.684. The number of sulfonamides is 1. The molecular formula is C12H18N2O3S. The molecule has 1 amide bonds. The predicted molar refractivity (Wildman–Crippen MR) is 70.5 cm³/mol. The number of aryl methyl sites for hydroxylation is 2. The van der Waals surface area contributed by atoms with E-state index in [-0.39, 0.29) is 12.3 Å². The number of hydrogen-bond acceptors (Lipinski definition) is 3. The molecule has 100 valence electrons. The molecule has 0 radical (unpaired) electrons. The molecule has 2 N–H and O–H groups in total. The van der Waals surface area contributed by atoms with Crippen LogP contribution < -0.4 is 5.73 Å². The van der Waals surface area contributed by atoms with Crippen molar-refractivity contribution < 1.29 is 13.2 Å². The van der Waals surface area contributed by atoms with E-state index in [1.807, 2.05) is 31.2 Å². The van der Waals surface area contributed by atoms with Crippen LogP contribution in [0.5, 0.6) is 0 Å². The fourth-order valence-electron chi connectivity index (χ4n) is 1.48. The Kier molecular flexibility index (Phi) is 4.86. The van der Waals surface area contributed by atoms with Gasteiger partial charge in [0.1, 0.15) is 0 Å². The van der Waals surface area contributed by atoms with E-state index in [0.29, 0.717) is 6.42 Å². The number of likely N-dealkylation sites (N-methyl/N-ethyl adjacent to an activating group) is 1. The molecule has 0 aliphatic carbocycles. The maximum atomic E-state index is 11.8. The molecule has 0 saturated heterocycles. The Morgan fingerprint density at radius 1 is 1.28 bits per heavy atom. The first kappa shape index (κ1) is 14.7. The zero-order valence-corrected chi connectivity index (χ0v) is 11.4. The Labute approximate surface area is 108 Å². The maximum absolute atomic E-state index is 11.8. The minimum Gasteiger partial charge on any atom is -0.369 e. The number of hydrogen-bond donors (Lipinski definition) is 1. The third-order valence-electron chi connectivity index (χ3n) is 2.62. The number of carbonyl (C=O) groups is 1. The van der Waals surface area contributed by atoms with Crippen LogP contribution in [0.3, 0.4) is 0 Å². The van der Waals surface area contributed by atoms with Crippen LogP contribution in [0.1, 0.15) is 11.1 Å².